The van der Waals surface area contributed by atoms with Gasteiger partial charge in [0.05, 0.1) is 18.2 Å². The van der Waals surface area contributed by atoms with Gasteiger partial charge in [-0.25, -0.2) is 0 Å². The number of nitrogens with one attached hydrogen (secondary N) is 2. The van der Waals surface area contributed by atoms with Gasteiger partial charge in [-0.2, -0.15) is 0 Å². The maximum atomic E-state index is 13.3. The van der Waals surface area contributed by atoms with Crippen molar-refractivity contribution in [2.45, 2.75) is 46.1 Å². The Hall–Kier alpha value is -3.28. The van der Waals surface area contributed by atoms with Crippen LogP contribution < -0.4 is 10.1 Å². The summed E-state index contributed by atoms with van der Waals surface area (Å²) in [5.41, 5.74) is 4.97. The third kappa shape index (κ3) is 5.21. The summed E-state index contributed by atoms with van der Waals surface area (Å²) in [6, 6.07) is 13.7. The van der Waals surface area contributed by atoms with Crippen LogP contribution in [0.15, 0.2) is 42.5 Å². The third-order valence-corrected chi connectivity index (χ3v) is 6.78. The maximum Gasteiger partial charge on any atom is 0.255 e. The predicted molar refractivity (Wildman–Crippen MR) is 130 cm³/mol. The van der Waals surface area contributed by atoms with Crippen molar-refractivity contribution in [2.75, 3.05) is 20.2 Å². The summed E-state index contributed by atoms with van der Waals surface area (Å²) in [6.07, 6.45) is 3.29. The van der Waals surface area contributed by atoms with Crippen LogP contribution in [-0.2, 0) is 11.3 Å². The summed E-state index contributed by atoms with van der Waals surface area (Å²) in [5.74, 6) is 1.25. The van der Waals surface area contributed by atoms with Crippen LogP contribution in [0.5, 0.6) is 5.75 Å². The van der Waals surface area contributed by atoms with E-state index in [0.717, 1.165) is 59.3 Å². The van der Waals surface area contributed by atoms with Gasteiger partial charge in [-0.05, 0) is 68.4 Å². The van der Waals surface area contributed by atoms with Crippen LogP contribution in [0.1, 0.15) is 52.9 Å². The molecule has 0 saturated carbocycles. The van der Waals surface area contributed by atoms with Gasteiger partial charge in [-0.15, -0.1) is 0 Å². The Balaban J connectivity index is 1.32. The number of piperidine rings is 1. The first-order chi connectivity index (χ1) is 16.0. The number of methoxy groups -OCH3 is 1. The molecule has 1 atom stereocenters. The Morgan fingerprint density at radius 3 is 2.82 bits per heavy atom. The molecule has 0 radical (unpaired) electrons. The van der Waals surface area contributed by atoms with E-state index < -0.39 is 0 Å². The Morgan fingerprint density at radius 1 is 1.18 bits per heavy atom. The first kappa shape index (κ1) is 22.9. The number of H-pyrrole nitrogens is 1. The normalized spacial score (nSPS) is 16.1. The molecule has 0 bridgehead atoms. The van der Waals surface area contributed by atoms with Crippen molar-refractivity contribution < 1.29 is 14.3 Å². The molecule has 6 nitrogen and oxygen atoms in total. The fourth-order valence-corrected chi connectivity index (χ4v) is 4.72. The fourth-order valence-electron chi connectivity index (χ4n) is 4.72. The molecule has 0 aliphatic carbocycles. The van der Waals surface area contributed by atoms with Gasteiger partial charge in [0.2, 0.25) is 5.91 Å². The molecular formula is C27H33N3O3. The number of carbonyl (C=O) groups is 2. The average molecular weight is 448 g/mol. The molecule has 0 spiro atoms. The maximum absolute atomic E-state index is 13.3. The van der Waals surface area contributed by atoms with Crippen LogP contribution in [0.25, 0.3) is 10.9 Å². The highest BCUT2D eigenvalue weighted by molar-refractivity contribution is 6.06. The van der Waals surface area contributed by atoms with Gasteiger partial charge in [0.15, 0.2) is 0 Å². The molecule has 1 aliphatic rings. The van der Waals surface area contributed by atoms with Gasteiger partial charge in [-0.3, -0.25) is 9.59 Å². The SMILES string of the molecule is COc1cccc(CNC(=O)CCC2CCCN(C(=O)c3cccc4c(C)c(C)[nH]c34)C2)c1. The van der Waals surface area contributed by atoms with E-state index in [1.807, 2.05) is 48.2 Å². The van der Waals surface area contributed by atoms with Gasteiger partial charge >= 0.3 is 0 Å². The van der Waals surface area contributed by atoms with Crippen molar-refractivity contribution in [3.8, 4) is 5.75 Å². The average Bonchev–Trinajstić information content (AvgIpc) is 3.14. The number of rotatable bonds is 7. The number of aryl methyl sites for hydroxylation is 2. The monoisotopic (exact) mass is 447 g/mol. The lowest BCUT2D eigenvalue weighted by atomic mass is 9.92. The van der Waals surface area contributed by atoms with Gasteiger partial charge in [0, 0.05) is 37.1 Å². The minimum Gasteiger partial charge on any atom is -0.497 e. The standard InChI is InChI=1S/C27H33N3O3/c1-18-19(2)29-26-23(18)10-5-11-24(26)27(32)30-14-6-8-20(17-30)12-13-25(31)28-16-21-7-4-9-22(15-21)33-3/h4-5,7,9-11,15,20,29H,6,8,12-14,16-17H2,1-3H3,(H,28,31). The Morgan fingerprint density at radius 2 is 2.00 bits per heavy atom. The number of benzene rings is 2. The van der Waals surface area contributed by atoms with E-state index >= 15 is 0 Å². The quantitative estimate of drug-likeness (QED) is 0.549. The second-order valence-electron chi connectivity index (χ2n) is 9.03. The number of hydrogen-bond acceptors (Lipinski definition) is 3. The van der Waals surface area contributed by atoms with Crippen LogP contribution in [-0.4, -0.2) is 41.9 Å². The van der Waals surface area contributed by atoms with Crippen molar-refractivity contribution in [3.05, 3.63) is 64.8 Å². The van der Waals surface area contributed by atoms with Gasteiger partial charge in [-0.1, -0.05) is 24.3 Å². The highest BCUT2D eigenvalue weighted by Gasteiger charge is 2.26. The van der Waals surface area contributed by atoms with Gasteiger partial charge < -0.3 is 19.9 Å². The zero-order valence-electron chi connectivity index (χ0n) is 19.7. The molecule has 1 fully saturated rings. The van der Waals surface area contributed by atoms with Crippen LogP contribution in [0.2, 0.25) is 0 Å². The zero-order chi connectivity index (χ0) is 23.4. The van der Waals surface area contributed by atoms with E-state index in [9.17, 15) is 9.59 Å². The number of aromatic amines is 1. The zero-order valence-corrected chi connectivity index (χ0v) is 19.7. The lowest BCUT2D eigenvalue weighted by molar-refractivity contribution is -0.121. The number of nitrogens with zero attached hydrogens (tertiary/aromatic N) is 1. The van der Waals surface area contributed by atoms with E-state index in [0.29, 0.717) is 25.4 Å². The molecule has 6 heteroatoms. The molecule has 1 saturated heterocycles. The minimum atomic E-state index is 0.0448. The first-order valence-electron chi connectivity index (χ1n) is 11.7. The highest BCUT2D eigenvalue weighted by Crippen LogP contribution is 2.27. The van der Waals surface area contributed by atoms with E-state index in [2.05, 4.69) is 23.3 Å². The van der Waals surface area contributed by atoms with Crippen molar-refractivity contribution in [3.63, 3.8) is 0 Å². The largest absolute Gasteiger partial charge is 0.497 e. The topological polar surface area (TPSA) is 74.4 Å². The lowest BCUT2D eigenvalue weighted by Crippen LogP contribution is -2.40. The second-order valence-corrected chi connectivity index (χ2v) is 9.03. The van der Waals surface area contributed by atoms with Crippen molar-refractivity contribution in [1.29, 1.82) is 0 Å². The molecule has 2 heterocycles. The summed E-state index contributed by atoms with van der Waals surface area (Å²) in [7, 11) is 1.64. The number of fused-ring (bicyclic) bond motifs is 1. The summed E-state index contributed by atoms with van der Waals surface area (Å²) < 4.78 is 5.23. The number of carbonyl (C=O) groups excluding carboxylic acids is 2. The van der Waals surface area contributed by atoms with Gasteiger partial charge in [0.1, 0.15) is 5.75 Å². The predicted octanol–water partition coefficient (Wildman–Crippen LogP) is 4.74. The van der Waals surface area contributed by atoms with Crippen LogP contribution in [0.4, 0.5) is 0 Å². The smallest absolute Gasteiger partial charge is 0.255 e. The molecule has 1 unspecified atom stereocenters. The summed E-state index contributed by atoms with van der Waals surface area (Å²) in [6.45, 7) is 6.09. The third-order valence-electron chi connectivity index (χ3n) is 6.78. The summed E-state index contributed by atoms with van der Waals surface area (Å²) in [4.78, 5) is 31.1. The first-order valence-corrected chi connectivity index (χ1v) is 11.7. The van der Waals surface area contributed by atoms with E-state index in [-0.39, 0.29) is 11.8 Å². The Kier molecular flexibility index (Phi) is 7.02. The number of para-hydroxylation sites is 1. The second kappa shape index (κ2) is 10.1. The lowest BCUT2D eigenvalue weighted by Gasteiger charge is -2.33. The minimum absolute atomic E-state index is 0.0448. The summed E-state index contributed by atoms with van der Waals surface area (Å²) >= 11 is 0. The molecule has 2 aromatic carbocycles. The molecule has 1 aliphatic heterocycles. The molecule has 33 heavy (non-hydrogen) atoms. The highest BCUT2D eigenvalue weighted by atomic mass is 16.5. The molecule has 1 aromatic heterocycles. The molecule has 2 N–H and O–H groups in total. The molecular weight excluding hydrogens is 414 g/mol. The van der Waals surface area contributed by atoms with Gasteiger partial charge in [0.25, 0.3) is 5.91 Å². The molecule has 4 rings (SSSR count). The van der Waals surface area contributed by atoms with Crippen molar-refractivity contribution in [2.24, 2.45) is 5.92 Å². The number of likely N-dealkylation sites (tertiary alicyclic amines) is 1. The van der Waals surface area contributed by atoms with Crippen LogP contribution in [0, 0.1) is 19.8 Å². The van der Waals surface area contributed by atoms with Crippen LogP contribution in [0.3, 0.4) is 0 Å². The summed E-state index contributed by atoms with van der Waals surface area (Å²) in [5, 5.41) is 4.11. The Labute approximate surface area is 195 Å². The van der Waals surface area contributed by atoms with Crippen molar-refractivity contribution >= 4 is 22.7 Å². The number of aromatic nitrogens is 1. The number of amides is 2. The number of ether oxygens (including phenoxy) is 1. The van der Waals surface area contributed by atoms with Crippen LogP contribution >= 0.6 is 0 Å². The molecule has 3 aromatic rings. The molecule has 2 amide bonds. The van der Waals surface area contributed by atoms with E-state index in [1.165, 1.54) is 5.56 Å². The van der Waals surface area contributed by atoms with E-state index in [4.69, 9.17) is 4.74 Å². The Bertz CT molecular complexity index is 1150. The van der Waals surface area contributed by atoms with E-state index in [1.54, 1.807) is 7.11 Å². The van der Waals surface area contributed by atoms with Crippen molar-refractivity contribution in [1.82, 2.24) is 15.2 Å². The molecule has 174 valence electrons. The fraction of sp³-hybridized carbons (Fsp3) is 0.407. The number of hydrogen-bond donors (Lipinski definition) is 2.